The van der Waals surface area contributed by atoms with E-state index in [1.165, 1.54) is 0 Å². The van der Waals surface area contributed by atoms with E-state index in [0.29, 0.717) is 12.6 Å². The van der Waals surface area contributed by atoms with Crippen LogP contribution in [0, 0.1) is 5.82 Å². The van der Waals surface area contributed by atoms with Gasteiger partial charge in [0.05, 0.1) is 6.20 Å². The standard InChI is InChI=1S/C13H14FN3O2/c1-15-13-16-9-11(14)12(17-13)19-8-7-18-10-5-3-2-4-6-10/h2-6,9H,7-8H2,1H3,(H,15,16,17). The van der Waals surface area contributed by atoms with Crippen LogP contribution < -0.4 is 14.8 Å². The van der Waals surface area contributed by atoms with E-state index in [1.807, 2.05) is 30.3 Å². The quantitative estimate of drug-likeness (QED) is 0.809. The van der Waals surface area contributed by atoms with Gasteiger partial charge in [0.15, 0.2) is 0 Å². The molecule has 1 N–H and O–H groups in total. The highest BCUT2D eigenvalue weighted by molar-refractivity contribution is 5.27. The monoisotopic (exact) mass is 263 g/mol. The zero-order valence-electron chi connectivity index (χ0n) is 10.5. The molecule has 1 aromatic heterocycles. The minimum Gasteiger partial charge on any atom is -0.490 e. The molecule has 0 bridgehead atoms. The van der Waals surface area contributed by atoms with Crippen LogP contribution in [0.3, 0.4) is 0 Å². The maximum absolute atomic E-state index is 13.3. The van der Waals surface area contributed by atoms with Gasteiger partial charge in [0.1, 0.15) is 19.0 Å². The molecule has 6 heteroatoms. The summed E-state index contributed by atoms with van der Waals surface area (Å²) in [6.07, 6.45) is 1.06. The average Bonchev–Trinajstić information content (AvgIpc) is 2.46. The third kappa shape index (κ3) is 3.80. The van der Waals surface area contributed by atoms with Crippen molar-refractivity contribution in [2.75, 3.05) is 25.6 Å². The van der Waals surface area contributed by atoms with Crippen molar-refractivity contribution in [1.29, 1.82) is 0 Å². The number of nitrogens with one attached hydrogen (secondary N) is 1. The number of hydrogen-bond donors (Lipinski definition) is 1. The van der Waals surface area contributed by atoms with Crippen molar-refractivity contribution >= 4 is 5.95 Å². The summed E-state index contributed by atoms with van der Waals surface area (Å²) < 4.78 is 24.0. The first kappa shape index (κ1) is 13.1. The molecular weight excluding hydrogens is 249 g/mol. The molecular formula is C13H14FN3O2. The topological polar surface area (TPSA) is 56.3 Å². The van der Waals surface area contributed by atoms with Gasteiger partial charge < -0.3 is 14.8 Å². The van der Waals surface area contributed by atoms with E-state index in [9.17, 15) is 4.39 Å². The maximum Gasteiger partial charge on any atom is 0.255 e. The predicted octanol–water partition coefficient (Wildman–Crippen LogP) is 2.12. The molecule has 2 rings (SSSR count). The zero-order chi connectivity index (χ0) is 13.5. The van der Waals surface area contributed by atoms with E-state index in [2.05, 4.69) is 15.3 Å². The van der Waals surface area contributed by atoms with Gasteiger partial charge in [-0.05, 0) is 12.1 Å². The summed E-state index contributed by atoms with van der Waals surface area (Å²) in [5.74, 6) is 0.361. The second-order valence-corrected chi connectivity index (χ2v) is 3.61. The van der Waals surface area contributed by atoms with Crippen molar-refractivity contribution in [2.24, 2.45) is 0 Å². The van der Waals surface area contributed by atoms with E-state index in [4.69, 9.17) is 9.47 Å². The van der Waals surface area contributed by atoms with E-state index in [-0.39, 0.29) is 12.5 Å². The summed E-state index contributed by atoms with van der Waals surface area (Å²) in [6.45, 7) is 0.508. The van der Waals surface area contributed by atoms with Crippen LogP contribution in [0.2, 0.25) is 0 Å². The van der Waals surface area contributed by atoms with Gasteiger partial charge in [-0.15, -0.1) is 0 Å². The molecule has 0 fully saturated rings. The Kier molecular flexibility index (Phi) is 4.49. The highest BCUT2D eigenvalue weighted by atomic mass is 19.1. The molecule has 1 aromatic carbocycles. The predicted molar refractivity (Wildman–Crippen MR) is 69.0 cm³/mol. The molecule has 0 atom stereocenters. The van der Waals surface area contributed by atoms with Gasteiger partial charge >= 0.3 is 0 Å². The summed E-state index contributed by atoms with van der Waals surface area (Å²) in [4.78, 5) is 7.59. The Bertz CT molecular complexity index is 523. The number of halogens is 1. The van der Waals surface area contributed by atoms with Gasteiger partial charge in [-0.3, -0.25) is 0 Å². The summed E-state index contributed by atoms with van der Waals surface area (Å²) in [5, 5.41) is 2.71. The van der Waals surface area contributed by atoms with Crippen molar-refractivity contribution in [2.45, 2.75) is 0 Å². The number of aromatic nitrogens is 2. The van der Waals surface area contributed by atoms with Crippen molar-refractivity contribution in [3.8, 4) is 11.6 Å². The van der Waals surface area contributed by atoms with E-state index >= 15 is 0 Å². The van der Waals surface area contributed by atoms with Crippen LogP contribution in [-0.2, 0) is 0 Å². The van der Waals surface area contributed by atoms with Gasteiger partial charge in [-0.25, -0.2) is 4.98 Å². The van der Waals surface area contributed by atoms with Crippen molar-refractivity contribution in [3.63, 3.8) is 0 Å². The molecule has 19 heavy (non-hydrogen) atoms. The molecule has 0 aliphatic carbocycles. The van der Waals surface area contributed by atoms with Gasteiger partial charge in [0.2, 0.25) is 11.8 Å². The summed E-state index contributed by atoms with van der Waals surface area (Å²) >= 11 is 0. The molecule has 2 aromatic rings. The first-order valence-corrected chi connectivity index (χ1v) is 5.80. The van der Waals surface area contributed by atoms with Gasteiger partial charge in [0.25, 0.3) is 5.88 Å². The number of anilines is 1. The van der Waals surface area contributed by atoms with Gasteiger partial charge in [-0.1, -0.05) is 18.2 Å². The van der Waals surface area contributed by atoms with Gasteiger partial charge in [0, 0.05) is 7.05 Å². The molecule has 0 aliphatic rings. The summed E-state index contributed by atoms with van der Waals surface area (Å²) in [6, 6.07) is 9.33. The molecule has 0 saturated heterocycles. The number of ether oxygens (including phenoxy) is 2. The van der Waals surface area contributed by atoms with Crippen LogP contribution >= 0.6 is 0 Å². The van der Waals surface area contributed by atoms with Crippen LogP contribution in [-0.4, -0.2) is 30.2 Å². The van der Waals surface area contributed by atoms with Crippen molar-refractivity contribution in [1.82, 2.24) is 9.97 Å². The molecule has 0 aliphatic heterocycles. The number of hydrogen-bond acceptors (Lipinski definition) is 5. The third-order valence-corrected chi connectivity index (χ3v) is 2.27. The molecule has 0 saturated carbocycles. The van der Waals surface area contributed by atoms with Crippen molar-refractivity contribution < 1.29 is 13.9 Å². The largest absolute Gasteiger partial charge is 0.490 e. The Morgan fingerprint density at radius 1 is 1.16 bits per heavy atom. The SMILES string of the molecule is CNc1ncc(F)c(OCCOc2ccccc2)n1. The van der Waals surface area contributed by atoms with Crippen LogP contribution in [0.1, 0.15) is 0 Å². The second kappa shape index (κ2) is 6.53. The smallest absolute Gasteiger partial charge is 0.255 e. The fraction of sp³-hybridized carbons (Fsp3) is 0.231. The second-order valence-electron chi connectivity index (χ2n) is 3.61. The Labute approximate surface area is 110 Å². The lowest BCUT2D eigenvalue weighted by Gasteiger charge is -2.08. The number of benzene rings is 1. The summed E-state index contributed by atoms with van der Waals surface area (Å²) in [5.41, 5.74) is 0. The molecule has 1 heterocycles. The van der Waals surface area contributed by atoms with E-state index in [1.54, 1.807) is 7.05 Å². The zero-order valence-corrected chi connectivity index (χ0v) is 10.5. The minimum absolute atomic E-state index is 0.0870. The molecule has 0 amide bonds. The number of para-hydroxylation sites is 1. The first-order valence-electron chi connectivity index (χ1n) is 5.80. The van der Waals surface area contributed by atoms with E-state index < -0.39 is 5.82 Å². The molecule has 0 unspecified atom stereocenters. The highest BCUT2D eigenvalue weighted by Crippen LogP contribution is 2.14. The van der Waals surface area contributed by atoms with Gasteiger partial charge in [-0.2, -0.15) is 9.37 Å². The Morgan fingerprint density at radius 3 is 2.63 bits per heavy atom. The Morgan fingerprint density at radius 2 is 1.89 bits per heavy atom. The van der Waals surface area contributed by atoms with Crippen molar-refractivity contribution in [3.05, 3.63) is 42.3 Å². The molecule has 0 radical (unpaired) electrons. The Balaban J connectivity index is 1.82. The molecule has 0 spiro atoms. The Hall–Kier alpha value is -2.37. The lowest BCUT2D eigenvalue weighted by molar-refractivity contribution is 0.205. The van der Waals surface area contributed by atoms with Crippen LogP contribution in [0.4, 0.5) is 10.3 Å². The number of nitrogens with zero attached hydrogens (tertiary/aromatic N) is 2. The van der Waals surface area contributed by atoms with E-state index in [0.717, 1.165) is 11.9 Å². The lowest BCUT2D eigenvalue weighted by Crippen LogP contribution is -2.11. The first-order chi connectivity index (χ1) is 9.29. The highest BCUT2D eigenvalue weighted by Gasteiger charge is 2.07. The minimum atomic E-state index is -0.598. The fourth-order valence-corrected chi connectivity index (χ4v) is 1.39. The fourth-order valence-electron chi connectivity index (χ4n) is 1.39. The number of rotatable bonds is 6. The van der Waals surface area contributed by atoms with Crippen LogP contribution in [0.5, 0.6) is 11.6 Å². The molecule has 100 valence electrons. The van der Waals surface area contributed by atoms with Crippen LogP contribution in [0.15, 0.2) is 36.5 Å². The maximum atomic E-state index is 13.3. The third-order valence-electron chi connectivity index (χ3n) is 2.27. The lowest BCUT2D eigenvalue weighted by atomic mass is 10.3. The normalized spacial score (nSPS) is 10.0. The average molecular weight is 263 g/mol. The molecule has 5 nitrogen and oxygen atoms in total. The van der Waals surface area contributed by atoms with Crippen LogP contribution in [0.25, 0.3) is 0 Å². The summed E-state index contributed by atoms with van der Waals surface area (Å²) in [7, 11) is 1.65.